The van der Waals surface area contributed by atoms with Gasteiger partial charge in [0.1, 0.15) is 6.04 Å². The summed E-state index contributed by atoms with van der Waals surface area (Å²) in [4.78, 5) is 24.7. The highest BCUT2D eigenvalue weighted by molar-refractivity contribution is 6.10. The van der Waals surface area contributed by atoms with Crippen LogP contribution in [0.4, 0.5) is 5.69 Å². The van der Waals surface area contributed by atoms with Gasteiger partial charge in [-0.3, -0.25) is 9.69 Å². The molecule has 1 N–H and O–H groups in total. The molecule has 1 amide bonds. The van der Waals surface area contributed by atoms with Crippen LogP contribution >= 0.6 is 0 Å². The standard InChI is InChI=1S/C13H15NO3/c1-8(11(15)16)14-10-7-5-4-6-9(10)13(2,3)12(14)17/h4-8H,1-3H3,(H,15,16). The molecule has 1 aromatic carbocycles. The molecule has 1 atom stereocenters. The van der Waals surface area contributed by atoms with Crippen LogP contribution in [0.1, 0.15) is 26.3 Å². The number of fused-ring (bicyclic) bond motifs is 1. The average molecular weight is 233 g/mol. The van der Waals surface area contributed by atoms with Gasteiger partial charge in [-0.2, -0.15) is 0 Å². The van der Waals surface area contributed by atoms with E-state index in [-0.39, 0.29) is 5.91 Å². The maximum absolute atomic E-state index is 12.3. The van der Waals surface area contributed by atoms with Crippen molar-refractivity contribution >= 4 is 17.6 Å². The van der Waals surface area contributed by atoms with E-state index in [0.29, 0.717) is 5.69 Å². The number of nitrogens with zero attached hydrogens (tertiary/aromatic N) is 1. The van der Waals surface area contributed by atoms with Crippen LogP contribution in [0.15, 0.2) is 24.3 Å². The van der Waals surface area contributed by atoms with E-state index in [9.17, 15) is 9.59 Å². The smallest absolute Gasteiger partial charge is 0.326 e. The van der Waals surface area contributed by atoms with Crippen molar-refractivity contribution in [3.63, 3.8) is 0 Å². The fourth-order valence-corrected chi connectivity index (χ4v) is 2.23. The number of para-hydroxylation sites is 1. The molecule has 0 aliphatic carbocycles. The molecule has 1 aliphatic rings. The lowest BCUT2D eigenvalue weighted by Gasteiger charge is -2.23. The van der Waals surface area contributed by atoms with Crippen LogP contribution in [-0.2, 0) is 15.0 Å². The van der Waals surface area contributed by atoms with Crippen molar-refractivity contribution in [1.82, 2.24) is 0 Å². The number of hydrogen-bond donors (Lipinski definition) is 1. The molecule has 90 valence electrons. The van der Waals surface area contributed by atoms with E-state index in [1.807, 2.05) is 32.0 Å². The summed E-state index contributed by atoms with van der Waals surface area (Å²) in [5, 5.41) is 9.06. The van der Waals surface area contributed by atoms with Crippen molar-refractivity contribution < 1.29 is 14.7 Å². The molecule has 4 nitrogen and oxygen atoms in total. The Morgan fingerprint density at radius 1 is 1.35 bits per heavy atom. The fraction of sp³-hybridized carbons (Fsp3) is 0.385. The van der Waals surface area contributed by atoms with Crippen LogP contribution in [0, 0.1) is 0 Å². The zero-order valence-electron chi connectivity index (χ0n) is 10.1. The summed E-state index contributed by atoms with van der Waals surface area (Å²) < 4.78 is 0. The molecule has 0 saturated heterocycles. The number of carbonyl (C=O) groups is 2. The van der Waals surface area contributed by atoms with E-state index in [4.69, 9.17) is 5.11 Å². The van der Waals surface area contributed by atoms with Gasteiger partial charge in [-0.1, -0.05) is 18.2 Å². The Morgan fingerprint density at radius 3 is 2.53 bits per heavy atom. The Balaban J connectivity index is 2.58. The topological polar surface area (TPSA) is 57.6 Å². The summed E-state index contributed by atoms with van der Waals surface area (Å²) in [5.74, 6) is -1.15. The lowest BCUT2D eigenvalue weighted by atomic mass is 9.86. The maximum atomic E-state index is 12.3. The van der Waals surface area contributed by atoms with Crippen LogP contribution in [0.25, 0.3) is 0 Å². The molecule has 0 bridgehead atoms. The monoisotopic (exact) mass is 233 g/mol. The Morgan fingerprint density at radius 2 is 1.94 bits per heavy atom. The first-order chi connectivity index (χ1) is 7.87. The van der Waals surface area contributed by atoms with Crippen LogP contribution in [0.3, 0.4) is 0 Å². The number of benzene rings is 1. The van der Waals surface area contributed by atoms with E-state index >= 15 is 0 Å². The number of carbonyl (C=O) groups excluding carboxylic acids is 1. The predicted molar refractivity (Wildman–Crippen MR) is 64.1 cm³/mol. The third-order valence-corrected chi connectivity index (χ3v) is 3.34. The van der Waals surface area contributed by atoms with E-state index < -0.39 is 17.4 Å². The van der Waals surface area contributed by atoms with Gasteiger partial charge in [-0.25, -0.2) is 4.79 Å². The normalized spacial score (nSPS) is 19.0. The number of amides is 1. The largest absolute Gasteiger partial charge is 0.480 e. The highest BCUT2D eigenvalue weighted by Crippen LogP contribution is 2.42. The molecule has 0 saturated carbocycles. The second-order valence-electron chi connectivity index (χ2n) is 4.83. The number of hydrogen-bond acceptors (Lipinski definition) is 2. The number of aliphatic carboxylic acids is 1. The van der Waals surface area contributed by atoms with Gasteiger partial charge in [0, 0.05) is 5.69 Å². The Labute approximate surface area is 99.9 Å². The summed E-state index contributed by atoms with van der Waals surface area (Å²) in [7, 11) is 0. The third-order valence-electron chi connectivity index (χ3n) is 3.34. The zero-order valence-corrected chi connectivity index (χ0v) is 10.1. The molecule has 1 aromatic rings. The minimum atomic E-state index is -0.995. The highest BCUT2D eigenvalue weighted by atomic mass is 16.4. The van der Waals surface area contributed by atoms with E-state index in [1.165, 1.54) is 11.8 Å². The highest BCUT2D eigenvalue weighted by Gasteiger charge is 2.46. The minimum Gasteiger partial charge on any atom is -0.480 e. The van der Waals surface area contributed by atoms with Gasteiger partial charge in [0.15, 0.2) is 0 Å². The molecule has 4 heteroatoms. The molecule has 17 heavy (non-hydrogen) atoms. The van der Waals surface area contributed by atoms with Crippen molar-refractivity contribution in [2.24, 2.45) is 0 Å². The van der Waals surface area contributed by atoms with E-state index in [1.54, 1.807) is 6.07 Å². The maximum Gasteiger partial charge on any atom is 0.326 e. The van der Waals surface area contributed by atoms with E-state index in [0.717, 1.165) is 5.56 Å². The molecular weight excluding hydrogens is 218 g/mol. The second kappa shape index (κ2) is 3.58. The molecule has 0 fully saturated rings. The number of carboxylic acid groups (broad SMARTS) is 1. The lowest BCUT2D eigenvalue weighted by Crippen LogP contribution is -2.45. The van der Waals surface area contributed by atoms with Crippen LogP contribution in [0.5, 0.6) is 0 Å². The summed E-state index contributed by atoms with van der Waals surface area (Å²) in [6.45, 7) is 5.17. The summed E-state index contributed by atoms with van der Waals surface area (Å²) in [6, 6.07) is 6.51. The Bertz CT molecular complexity index is 493. The van der Waals surface area contributed by atoms with Gasteiger partial charge in [-0.05, 0) is 32.4 Å². The zero-order chi connectivity index (χ0) is 12.8. The van der Waals surface area contributed by atoms with Gasteiger partial charge in [0.25, 0.3) is 0 Å². The third kappa shape index (κ3) is 1.52. The fourth-order valence-electron chi connectivity index (χ4n) is 2.23. The predicted octanol–water partition coefficient (Wildman–Crippen LogP) is 1.78. The van der Waals surface area contributed by atoms with Crippen molar-refractivity contribution in [3.8, 4) is 0 Å². The molecular formula is C13H15NO3. The lowest BCUT2D eigenvalue weighted by molar-refractivity contribution is -0.139. The summed E-state index contributed by atoms with van der Waals surface area (Å²) in [6.07, 6.45) is 0. The Hall–Kier alpha value is -1.84. The second-order valence-corrected chi connectivity index (χ2v) is 4.83. The summed E-state index contributed by atoms with van der Waals surface area (Å²) >= 11 is 0. The molecule has 0 radical (unpaired) electrons. The van der Waals surface area contributed by atoms with Crippen LogP contribution < -0.4 is 4.90 Å². The molecule has 2 rings (SSSR count). The summed E-state index contributed by atoms with van der Waals surface area (Å²) in [5.41, 5.74) is 0.941. The van der Waals surface area contributed by atoms with E-state index in [2.05, 4.69) is 0 Å². The Kier molecular flexibility index (Phi) is 2.45. The first kappa shape index (κ1) is 11.6. The molecule has 1 unspecified atom stereocenters. The van der Waals surface area contributed by atoms with Gasteiger partial charge >= 0.3 is 5.97 Å². The van der Waals surface area contributed by atoms with Crippen molar-refractivity contribution in [1.29, 1.82) is 0 Å². The van der Waals surface area contributed by atoms with Gasteiger partial charge in [0.2, 0.25) is 5.91 Å². The molecule has 1 aliphatic heterocycles. The van der Waals surface area contributed by atoms with Crippen LogP contribution in [-0.4, -0.2) is 23.0 Å². The van der Waals surface area contributed by atoms with Crippen molar-refractivity contribution in [3.05, 3.63) is 29.8 Å². The number of carboxylic acids is 1. The first-order valence-electron chi connectivity index (χ1n) is 5.53. The van der Waals surface area contributed by atoms with Crippen molar-refractivity contribution in [2.45, 2.75) is 32.2 Å². The molecule has 0 spiro atoms. The number of rotatable bonds is 2. The minimum absolute atomic E-state index is 0.159. The van der Waals surface area contributed by atoms with Gasteiger partial charge < -0.3 is 5.11 Å². The first-order valence-corrected chi connectivity index (χ1v) is 5.53. The molecule has 0 aromatic heterocycles. The molecule has 1 heterocycles. The SMILES string of the molecule is CC(C(=O)O)N1C(=O)C(C)(C)c2ccccc21. The quantitative estimate of drug-likeness (QED) is 0.847. The van der Waals surface area contributed by atoms with Gasteiger partial charge in [-0.15, -0.1) is 0 Å². The van der Waals surface area contributed by atoms with Crippen molar-refractivity contribution in [2.75, 3.05) is 4.90 Å². The number of anilines is 1. The van der Waals surface area contributed by atoms with Crippen LogP contribution in [0.2, 0.25) is 0 Å². The average Bonchev–Trinajstić information content (AvgIpc) is 2.48. The van der Waals surface area contributed by atoms with Gasteiger partial charge in [0.05, 0.1) is 5.41 Å².